The number of aromatic nitrogens is 1. The molecule has 0 spiro atoms. The molecule has 0 aliphatic rings. The average Bonchev–Trinajstić information content (AvgIpc) is 3.18. The van der Waals surface area contributed by atoms with E-state index < -0.39 is 0 Å². The fourth-order valence-electron chi connectivity index (χ4n) is 2.84. The Morgan fingerprint density at radius 1 is 1.10 bits per heavy atom. The summed E-state index contributed by atoms with van der Waals surface area (Å²) in [7, 11) is 3.03. The first-order valence-electron chi connectivity index (χ1n) is 9.15. The minimum Gasteiger partial charge on any atom is -0.495 e. The maximum atomic E-state index is 12.4. The predicted octanol–water partition coefficient (Wildman–Crippen LogP) is 5.20. The summed E-state index contributed by atoms with van der Waals surface area (Å²) in [6.45, 7) is 4.12. The minimum absolute atomic E-state index is 0.199. The average molecular weight is 415 g/mol. The lowest BCUT2D eigenvalue weighted by molar-refractivity contribution is -0.116. The van der Waals surface area contributed by atoms with E-state index in [-0.39, 0.29) is 12.3 Å². The smallest absolute Gasteiger partial charge is 0.224 e. The van der Waals surface area contributed by atoms with E-state index in [9.17, 15) is 4.79 Å². The van der Waals surface area contributed by atoms with Gasteiger partial charge in [0, 0.05) is 24.5 Å². The number of halogens is 1. The number of carbonyl (C=O) groups excluding carboxylic acids is 1. The molecule has 0 saturated carbocycles. The zero-order valence-corrected chi connectivity index (χ0v) is 17.6. The van der Waals surface area contributed by atoms with Crippen LogP contribution in [-0.4, -0.2) is 25.1 Å². The third-order valence-corrected chi connectivity index (χ3v) is 4.95. The quantitative estimate of drug-likeness (QED) is 0.575. The molecule has 1 heterocycles. The second-order valence-corrected chi connectivity index (χ2v) is 7.06. The topological polar surface area (TPSA) is 73.6 Å². The van der Waals surface area contributed by atoms with E-state index in [1.54, 1.807) is 18.3 Å². The second-order valence-electron chi connectivity index (χ2n) is 6.65. The monoisotopic (exact) mass is 414 g/mol. The molecule has 0 unspecified atom stereocenters. The van der Waals surface area contributed by atoms with Gasteiger partial charge in [-0.05, 0) is 37.1 Å². The Labute approximate surface area is 174 Å². The van der Waals surface area contributed by atoms with Crippen molar-refractivity contribution in [2.45, 2.75) is 26.7 Å². The molecule has 3 aromatic rings. The fraction of sp³-hybridized carbons (Fsp3) is 0.273. The van der Waals surface area contributed by atoms with Gasteiger partial charge in [-0.25, -0.2) is 4.98 Å². The van der Waals surface area contributed by atoms with Crippen LogP contribution >= 0.6 is 11.6 Å². The minimum atomic E-state index is -0.199. The Bertz CT molecular complexity index is 1030. The van der Waals surface area contributed by atoms with Crippen LogP contribution in [0.1, 0.15) is 23.4 Å². The Morgan fingerprint density at radius 2 is 1.86 bits per heavy atom. The zero-order valence-electron chi connectivity index (χ0n) is 16.8. The van der Waals surface area contributed by atoms with Crippen molar-refractivity contribution in [3.8, 4) is 22.8 Å². The Balaban J connectivity index is 1.64. The zero-order chi connectivity index (χ0) is 21.0. The van der Waals surface area contributed by atoms with Gasteiger partial charge in [-0.2, -0.15) is 0 Å². The second kappa shape index (κ2) is 9.01. The molecule has 0 aliphatic carbocycles. The molecule has 29 heavy (non-hydrogen) atoms. The molecule has 2 aromatic carbocycles. The molecule has 1 amide bonds. The highest BCUT2D eigenvalue weighted by atomic mass is 35.5. The van der Waals surface area contributed by atoms with E-state index in [4.69, 9.17) is 25.5 Å². The number of oxazole rings is 1. The highest BCUT2D eigenvalue weighted by Crippen LogP contribution is 2.36. The summed E-state index contributed by atoms with van der Waals surface area (Å²) in [5, 5.41) is 3.19. The number of carbonyl (C=O) groups is 1. The van der Waals surface area contributed by atoms with Crippen LogP contribution in [0.25, 0.3) is 11.3 Å². The number of hydrogen-bond donors (Lipinski definition) is 1. The number of amides is 1. The number of ether oxygens (including phenoxy) is 2. The molecule has 0 radical (unpaired) electrons. The fourth-order valence-corrected chi connectivity index (χ4v) is 3.09. The van der Waals surface area contributed by atoms with Crippen molar-refractivity contribution in [1.29, 1.82) is 0 Å². The molecule has 6 nitrogen and oxygen atoms in total. The maximum Gasteiger partial charge on any atom is 0.224 e. The summed E-state index contributed by atoms with van der Waals surface area (Å²) in [4.78, 5) is 16.7. The third kappa shape index (κ3) is 4.90. The highest BCUT2D eigenvalue weighted by Gasteiger charge is 2.14. The Hall–Kier alpha value is -2.99. The van der Waals surface area contributed by atoms with Crippen molar-refractivity contribution in [1.82, 2.24) is 4.98 Å². The van der Waals surface area contributed by atoms with Crippen molar-refractivity contribution < 1.29 is 18.7 Å². The normalized spacial score (nSPS) is 10.7. The SMILES string of the molecule is COc1cc(OC)c(NC(=O)CCc2ncc(-c3ccc(C)c(C)c3)o2)cc1Cl. The number of methoxy groups -OCH3 is 2. The van der Waals surface area contributed by atoms with Crippen LogP contribution in [0.4, 0.5) is 5.69 Å². The van der Waals surface area contributed by atoms with Crippen LogP contribution in [-0.2, 0) is 11.2 Å². The number of benzene rings is 2. The van der Waals surface area contributed by atoms with Crippen molar-refractivity contribution >= 4 is 23.2 Å². The third-order valence-electron chi connectivity index (χ3n) is 4.66. The number of nitrogens with zero attached hydrogens (tertiary/aromatic N) is 1. The molecule has 1 aromatic heterocycles. The van der Waals surface area contributed by atoms with Gasteiger partial charge in [0.25, 0.3) is 0 Å². The summed E-state index contributed by atoms with van der Waals surface area (Å²) in [6, 6.07) is 9.33. The van der Waals surface area contributed by atoms with Gasteiger partial charge in [-0.3, -0.25) is 4.79 Å². The maximum absolute atomic E-state index is 12.4. The highest BCUT2D eigenvalue weighted by molar-refractivity contribution is 6.32. The predicted molar refractivity (Wildman–Crippen MR) is 113 cm³/mol. The summed E-state index contributed by atoms with van der Waals surface area (Å²) in [6.07, 6.45) is 2.27. The van der Waals surface area contributed by atoms with E-state index >= 15 is 0 Å². The van der Waals surface area contributed by atoms with Crippen LogP contribution in [0.2, 0.25) is 5.02 Å². The van der Waals surface area contributed by atoms with Crippen LogP contribution in [0.3, 0.4) is 0 Å². The van der Waals surface area contributed by atoms with Gasteiger partial charge in [0.05, 0.1) is 31.1 Å². The molecule has 0 fully saturated rings. The van der Waals surface area contributed by atoms with E-state index in [1.807, 2.05) is 12.1 Å². The van der Waals surface area contributed by atoms with Crippen LogP contribution in [0, 0.1) is 13.8 Å². The van der Waals surface area contributed by atoms with E-state index in [2.05, 4.69) is 30.2 Å². The lowest BCUT2D eigenvalue weighted by Gasteiger charge is -2.12. The summed E-state index contributed by atoms with van der Waals surface area (Å²) in [5.41, 5.74) is 3.85. The van der Waals surface area contributed by atoms with Gasteiger partial charge in [-0.1, -0.05) is 23.7 Å². The van der Waals surface area contributed by atoms with Crippen LogP contribution in [0.15, 0.2) is 40.9 Å². The van der Waals surface area contributed by atoms with Gasteiger partial charge < -0.3 is 19.2 Å². The van der Waals surface area contributed by atoms with Crippen LogP contribution < -0.4 is 14.8 Å². The number of anilines is 1. The van der Waals surface area contributed by atoms with Crippen molar-refractivity contribution in [2.24, 2.45) is 0 Å². The van der Waals surface area contributed by atoms with Gasteiger partial charge in [0.15, 0.2) is 11.7 Å². The molecule has 1 N–H and O–H groups in total. The van der Waals surface area contributed by atoms with Crippen molar-refractivity contribution in [3.05, 3.63) is 58.6 Å². The molecule has 0 aliphatic heterocycles. The first-order valence-corrected chi connectivity index (χ1v) is 9.52. The molecular formula is C22H23ClN2O4. The standard InChI is InChI=1S/C22H23ClN2O4/c1-13-5-6-15(9-14(13)2)20-12-24-22(29-20)8-7-21(26)25-17-10-16(23)18(27-3)11-19(17)28-4/h5-6,9-12H,7-8H2,1-4H3,(H,25,26). The Morgan fingerprint density at radius 3 is 2.55 bits per heavy atom. The molecule has 0 saturated heterocycles. The van der Waals surface area contributed by atoms with E-state index in [0.29, 0.717) is 40.3 Å². The van der Waals surface area contributed by atoms with Gasteiger partial charge in [-0.15, -0.1) is 0 Å². The van der Waals surface area contributed by atoms with E-state index in [0.717, 1.165) is 5.56 Å². The lowest BCUT2D eigenvalue weighted by atomic mass is 10.1. The largest absolute Gasteiger partial charge is 0.495 e. The van der Waals surface area contributed by atoms with E-state index in [1.165, 1.54) is 25.3 Å². The summed E-state index contributed by atoms with van der Waals surface area (Å²) in [5.74, 6) is 1.93. The van der Waals surface area contributed by atoms with Crippen molar-refractivity contribution in [2.75, 3.05) is 19.5 Å². The molecule has 7 heteroatoms. The molecular weight excluding hydrogens is 392 g/mol. The number of rotatable bonds is 7. The van der Waals surface area contributed by atoms with Crippen molar-refractivity contribution in [3.63, 3.8) is 0 Å². The number of aryl methyl sites for hydroxylation is 3. The molecule has 152 valence electrons. The first-order chi connectivity index (χ1) is 13.9. The van der Waals surface area contributed by atoms with Gasteiger partial charge in [0.2, 0.25) is 5.91 Å². The molecule has 3 rings (SSSR count). The number of nitrogens with one attached hydrogen (secondary N) is 1. The van der Waals surface area contributed by atoms with Gasteiger partial charge >= 0.3 is 0 Å². The molecule has 0 bridgehead atoms. The Kier molecular flexibility index (Phi) is 6.44. The van der Waals surface area contributed by atoms with Crippen LogP contribution in [0.5, 0.6) is 11.5 Å². The van der Waals surface area contributed by atoms with Gasteiger partial charge in [0.1, 0.15) is 11.5 Å². The first kappa shape index (κ1) is 20.7. The number of hydrogen-bond acceptors (Lipinski definition) is 5. The summed E-state index contributed by atoms with van der Waals surface area (Å²) >= 11 is 6.14. The lowest BCUT2D eigenvalue weighted by Crippen LogP contribution is -2.13. The molecule has 0 atom stereocenters. The summed E-state index contributed by atoms with van der Waals surface area (Å²) < 4.78 is 16.3.